The van der Waals surface area contributed by atoms with Gasteiger partial charge in [0.2, 0.25) is 0 Å². The van der Waals surface area contributed by atoms with Crippen molar-refractivity contribution >= 4 is 16.9 Å². The van der Waals surface area contributed by atoms with Gasteiger partial charge < -0.3 is 14.6 Å². The Labute approximate surface area is 140 Å². The van der Waals surface area contributed by atoms with Crippen molar-refractivity contribution in [1.82, 2.24) is 19.9 Å². The van der Waals surface area contributed by atoms with Gasteiger partial charge >= 0.3 is 6.18 Å². The fourth-order valence-electron chi connectivity index (χ4n) is 2.91. The maximum absolute atomic E-state index is 13.2. The summed E-state index contributed by atoms with van der Waals surface area (Å²) in [6.07, 6.45) is -1.13. The number of morpholine rings is 1. The average molecular weight is 349 g/mol. The van der Waals surface area contributed by atoms with E-state index in [0.717, 1.165) is 31.4 Å². The van der Waals surface area contributed by atoms with Gasteiger partial charge in [0, 0.05) is 36.4 Å². The molecule has 4 heterocycles. The number of pyridine rings is 1. The quantitative estimate of drug-likeness (QED) is 0.771. The summed E-state index contributed by atoms with van der Waals surface area (Å²) in [4.78, 5) is 16.9. The second-order valence-corrected chi connectivity index (χ2v) is 5.65. The zero-order valence-electron chi connectivity index (χ0n) is 13.0. The van der Waals surface area contributed by atoms with Gasteiger partial charge in [-0.15, -0.1) is 0 Å². The molecule has 1 aliphatic rings. The standard InChI is InChI=1S/C16H14F3N5O/c17-16(18,19)12-8-20-9-22-14(12)11-7-21-15-10(11)1-2-13(23-15)24-3-5-25-6-4-24/h1-2,7-9H,3-6H2,(H,21,23). The number of rotatable bonds is 2. The summed E-state index contributed by atoms with van der Waals surface area (Å²) in [5, 5.41) is 0.584. The van der Waals surface area contributed by atoms with Crippen LogP contribution in [0.25, 0.3) is 22.3 Å². The number of aromatic nitrogens is 4. The molecule has 0 saturated carbocycles. The van der Waals surface area contributed by atoms with E-state index in [4.69, 9.17) is 4.74 Å². The van der Waals surface area contributed by atoms with E-state index in [1.54, 1.807) is 12.1 Å². The fraction of sp³-hybridized carbons (Fsp3) is 0.312. The molecule has 0 aliphatic carbocycles. The van der Waals surface area contributed by atoms with Crippen LogP contribution in [0, 0.1) is 0 Å². The first-order valence-corrected chi connectivity index (χ1v) is 7.72. The molecular weight excluding hydrogens is 335 g/mol. The summed E-state index contributed by atoms with van der Waals surface area (Å²) in [5.41, 5.74) is -0.153. The summed E-state index contributed by atoms with van der Waals surface area (Å²) >= 11 is 0. The number of aromatic amines is 1. The average Bonchev–Trinajstić information content (AvgIpc) is 3.05. The first kappa shape index (κ1) is 15.8. The lowest BCUT2D eigenvalue weighted by Gasteiger charge is -2.27. The number of halogens is 3. The lowest BCUT2D eigenvalue weighted by molar-refractivity contribution is -0.137. The molecular formula is C16H14F3N5O. The summed E-state index contributed by atoms with van der Waals surface area (Å²) in [7, 11) is 0. The Balaban J connectivity index is 1.78. The van der Waals surface area contributed by atoms with E-state index >= 15 is 0 Å². The number of ether oxygens (including phenoxy) is 1. The van der Waals surface area contributed by atoms with Crippen LogP contribution >= 0.6 is 0 Å². The van der Waals surface area contributed by atoms with E-state index in [9.17, 15) is 13.2 Å². The van der Waals surface area contributed by atoms with Crippen LogP contribution in [0.2, 0.25) is 0 Å². The highest BCUT2D eigenvalue weighted by Crippen LogP contribution is 2.37. The first-order valence-electron chi connectivity index (χ1n) is 7.72. The molecule has 6 nitrogen and oxygen atoms in total. The Bertz CT molecular complexity index is 902. The Hall–Kier alpha value is -2.68. The summed E-state index contributed by atoms with van der Waals surface area (Å²) in [5.74, 6) is 0.767. The Morgan fingerprint density at radius 1 is 1.16 bits per heavy atom. The van der Waals surface area contributed by atoms with Crippen LogP contribution < -0.4 is 4.90 Å². The van der Waals surface area contributed by atoms with Crippen molar-refractivity contribution < 1.29 is 17.9 Å². The first-order chi connectivity index (χ1) is 12.0. The number of hydrogen-bond donors (Lipinski definition) is 1. The number of alkyl halides is 3. The van der Waals surface area contributed by atoms with Gasteiger partial charge in [0.1, 0.15) is 23.4 Å². The van der Waals surface area contributed by atoms with Crippen molar-refractivity contribution in [3.8, 4) is 11.3 Å². The monoisotopic (exact) mass is 349 g/mol. The SMILES string of the molecule is FC(F)(F)c1cncnc1-c1c[nH]c2nc(N3CCOCC3)ccc12. The number of fused-ring (bicyclic) bond motifs is 1. The molecule has 3 aromatic heterocycles. The molecule has 0 aromatic carbocycles. The largest absolute Gasteiger partial charge is 0.419 e. The second-order valence-electron chi connectivity index (χ2n) is 5.65. The van der Waals surface area contributed by atoms with Crippen LogP contribution in [0.1, 0.15) is 5.56 Å². The van der Waals surface area contributed by atoms with Crippen molar-refractivity contribution in [1.29, 1.82) is 0 Å². The Morgan fingerprint density at radius 3 is 2.72 bits per heavy atom. The highest BCUT2D eigenvalue weighted by molar-refractivity contribution is 5.94. The molecule has 25 heavy (non-hydrogen) atoms. The number of H-pyrrole nitrogens is 1. The number of nitrogens with one attached hydrogen (secondary N) is 1. The maximum Gasteiger partial charge on any atom is 0.419 e. The van der Waals surface area contributed by atoms with E-state index in [2.05, 4.69) is 24.8 Å². The van der Waals surface area contributed by atoms with Crippen LogP contribution in [0.15, 0.2) is 30.9 Å². The molecule has 130 valence electrons. The van der Waals surface area contributed by atoms with E-state index < -0.39 is 11.7 Å². The molecule has 9 heteroatoms. The van der Waals surface area contributed by atoms with Crippen molar-refractivity contribution in [2.75, 3.05) is 31.2 Å². The Kier molecular flexibility index (Phi) is 3.79. The van der Waals surface area contributed by atoms with Crippen LogP contribution in [0.4, 0.5) is 19.0 Å². The van der Waals surface area contributed by atoms with Crippen molar-refractivity contribution in [3.63, 3.8) is 0 Å². The Morgan fingerprint density at radius 2 is 1.96 bits per heavy atom. The minimum Gasteiger partial charge on any atom is -0.378 e. The minimum absolute atomic E-state index is 0.158. The molecule has 0 spiro atoms. The minimum atomic E-state index is -4.53. The molecule has 3 aromatic rings. The second kappa shape index (κ2) is 5.99. The van der Waals surface area contributed by atoms with Crippen LogP contribution in [0.5, 0.6) is 0 Å². The van der Waals surface area contributed by atoms with Crippen LogP contribution in [0.3, 0.4) is 0 Å². The number of hydrogen-bond acceptors (Lipinski definition) is 5. The summed E-state index contributed by atoms with van der Waals surface area (Å²) < 4.78 is 45.0. The van der Waals surface area contributed by atoms with Crippen molar-refractivity contribution in [2.24, 2.45) is 0 Å². The van der Waals surface area contributed by atoms with Gasteiger partial charge in [0.15, 0.2) is 0 Å². The summed E-state index contributed by atoms with van der Waals surface area (Å²) in [6.45, 7) is 2.73. The molecule has 0 bridgehead atoms. The van der Waals surface area contributed by atoms with E-state index in [1.165, 1.54) is 6.20 Å². The topological polar surface area (TPSA) is 66.9 Å². The number of anilines is 1. The highest BCUT2D eigenvalue weighted by atomic mass is 19.4. The van der Waals surface area contributed by atoms with Gasteiger partial charge in [0.25, 0.3) is 0 Å². The number of nitrogens with zero attached hydrogens (tertiary/aromatic N) is 4. The molecule has 0 amide bonds. The van der Waals surface area contributed by atoms with Gasteiger partial charge in [-0.05, 0) is 12.1 Å². The zero-order chi connectivity index (χ0) is 17.4. The molecule has 4 rings (SSSR count). The lowest BCUT2D eigenvalue weighted by atomic mass is 10.1. The van der Waals surface area contributed by atoms with Gasteiger partial charge in [-0.25, -0.2) is 15.0 Å². The van der Waals surface area contributed by atoms with Crippen molar-refractivity contribution in [3.05, 3.63) is 36.4 Å². The molecule has 1 aliphatic heterocycles. The lowest BCUT2D eigenvalue weighted by Crippen LogP contribution is -2.36. The normalized spacial score (nSPS) is 15.7. The zero-order valence-corrected chi connectivity index (χ0v) is 13.0. The molecule has 1 N–H and O–H groups in total. The fourth-order valence-corrected chi connectivity index (χ4v) is 2.91. The van der Waals surface area contributed by atoms with Crippen LogP contribution in [-0.2, 0) is 10.9 Å². The third-order valence-corrected chi connectivity index (χ3v) is 4.13. The van der Waals surface area contributed by atoms with Gasteiger partial charge in [-0.3, -0.25) is 0 Å². The van der Waals surface area contributed by atoms with Gasteiger partial charge in [0.05, 0.1) is 18.9 Å². The third-order valence-electron chi connectivity index (χ3n) is 4.13. The predicted molar refractivity (Wildman–Crippen MR) is 85.2 cm³/mol. The molecule has 0 atom stereocenters. The van der Waals surface area contributed by atoms with Crippen molar-refractivity contribution in [2.45, 2.75) is 6.18 Å². The highest BCUT2D eigenvalue weighted by Gasteiger charge is 2.35. The van der Waals surface area contributed by atoms with E-state index in [-0.39, 0.29) is 5.69 Å². The van der Waals surface area contributed by atoms with Crippen LogP contribution in [-0.4, -0.2) is 46.2 Å². The smallest absolute Gasteiger partial charge is 0.378 e. The van der Waals surface area contributed by atoms with Gasteiger partial charge in [-0.1, -0.05) is 0 Å². The predicted octanol–water partition coefficient (Wildman–Crippen LogP) is 2.88. The molecule has 0 unspecified atom stereocenters. The van der Waals surface area contributed by atoms with Gasteiger partial charge in [-0.2, -0.15) is 13.2 Å². The van der Waals surface area contributed by atoms with E-state index in [0.29, 0.717) is 29.8 Å². The maximum atomic E-state index is 13.2. The van der Waals surface area contributed by atoms with E-state index in [1.807, 2.05) is 0 Å². The molecule has 1 saturated heterocycles. The summed E-state index contributed by atoms with van der Waals surface area (Å²) in [6, 6.07) is 3.57. The molecule has 0 radical (unpaired) electrons. The molecule has 1 fully saturated rings. The third kappa shape index (κ3) is 2.91.